The van der Waals surface area contributed by atoms with Crippen LogP contribution in [-0.2, 0) is 27.4 Å². The summed E-state index contributed by atoms with van der Waals surface area (Å²) in [5, 5.41) is 12.4. The van der Waals surface area contributed by atoms with E-state index < -0.39 is 12.4 Å². The number of aliphatic hydroxyl groups excluding tert-OH is 1. The molecule has 3 fully saturated rings. The third kappa shape index (κ3) is 7.72. The van der Waals surface area contributed by atoms with Gasteiger partial charge in [-0.1, -0.05) is 100 Å². The van der Waals surface area contributed by atoms with Crippen molar-refractivity contribution >= 4 is 6.09 Å². The summed E-state index contributed by atoms with van der Waals surface area (Å²) < 4.78 is 18.4. The normalized spacial score (nSPS) is 27.2. The van der Waals surface area contributed by atoms with Crippen LogP contribution in [0.1, 0.15) is 81.1 Å². The molecule has 5 atom stereocenters. The summed E-state index contributed by atoms with van der Waals surface area (Å²) in [6, 6.07) is 25.2. The van der Waals surface area contributed by atoms with Gasteiger partial charge in [0.1, 0.15) is 6.61 Å². The number of hydrogen-bond acceptors (Lipinski definition) is 6. The highest BCUT2D eigenvalue weighted by Crippen LogP contribution is 2.53. The van der Waals surface area contributed by atoms with Gasteiger partial charge in [-0.25, -0.2) is 4.79 Å². The minimum absolute atomic E-state index is 0.0275. The molecule has 3 aromatic rings. The van der Waals surface area contributed by atoms with E-state index in [2.05, 4.69) is 86.1 Å². The molecule has 3 aromatic carbocycles. The molecule has 7 nitrogen and oxygen atoms in total. The number of hydrogen-bond donors (Lipinski definition) is 2. The fraction of sp³-hybridized carbons (Fsp3) is 0.462. The summed E-state index contributed by atoms with van der Waals surface area (Å²) >= 11 is 0. The van der Waals surface area contributed by atoms with Crippen LogP contribution in [0.3, 0.4) is 0 Å². The van der Waals surface area contributed by atoms with Crippen LogP contribution >= 0.6 is 0 Å². The average Bonchev–Trinajstić information content (AvgIpc) is 3.29. The second-order valence-corrected chi connectivity index (χ2v) is 14.6. The van der Waals surface area contributed by atoms with Crippen LogP contribution in [-0.4, -0.2) is 47.9 Å². The molecule has 0 aromatic heterocycles. The van der Waals surface area contributed by atoms with Crippen molar-refractivity contribution in [3.8, 4) is 11.1 Å². The molecule has 2 unspecified atom stereocenters. The van der Waals surface area contributed by atoms with Crippen molar-refractivity contribution in [3.05, 3.63) is 108 Å². The van der Waals surface area contributed by atoms with Crippen molar-refractivity contribution in [2.24, 2.45) is 10.8 Å². The van der Waals surface area contributed by atoms with Gasteiger partial charge < -0.3 is 24.6 Å². The van der Waals surface area contributed by atoms with E-state index in [0.29, 0.717) is 23.4 Å². The summed E-state index contributed by atoms with van der Waals surface area (Å²) in [5.41, 5.74) is 6.85. The van der Waals surface area contributed by atoms with Crippen LogP contribution < -0.4 is 5.32 Å². The zero-order valence-electron chi connectivity index (χ0n) is 27.4. The highest BCUT2D eigenvalue weighted by Gasteiger charge is 2.50. The number of likely N-dealkylation sites (tertiary alicyclic amines) is 1. The van der Waals surface area contributed by atoms with E-state index in [9.17, 15) is 9.90 Å². The highest BCUT2D eigenvalue weighted by atomic mass is 16.7. The zero-order chi connectivity index (χ0) is 32.3. The number of benzene rings is 3. The van der Waals surface area contributed by atoms with Gasteiger partial charge in [0.05, 0.1) is 18.8 Å². The molecule has 1 amide bonds. The standard InChI is InChI=1S/C39H48N2O5/c1-5-17-44-37(43)40-22-28-7-6-8-32(18-28)29-13-15-31(16-14-29)36-45-34(19-35(46-36)30-11-9-27(24-42)10-12-30)23-41-26-39(4)21-33(41)20-38(2,3)25-39/h5-16,18,33-36,42H,1,17,19-26H2,2-4H3,(H,40,43)/t33?,34-,35+,36+,39?/m1/s1. The Morgan fingerprint density at radius 3 is 2.50 bits per heavy atom. The molecule has 7 heteroatoms. The van der Waals surface area contributed by atoms with E-state index in [0.717, 1.165) is 52.9 Å². The van der Waals surface area contributed by atoms with E-state index in [1.165, 1.54) is 19.3 Å². The minimum Gasteiger partial charge on any atom is -0.445 e. The molecular weight excluding hydrogens is 576 g/mol. The van der Waals surface area contributed by atoms with Crippen LogP contribution in [0.5, 0.6) is 0 Å². The Labute approximate surface area is 273 Å². The second-order valence-electron chi connectivity index (χ2n) is 14.6. The van der Waals surface area contributed by atoms with E-state index in [4.69, 9.17) is 14.2 Å². The van der Waals surface area contributed by atoms with Gasteiger partial charge in [-0.05, 0) is 64.0 Å². The molecule has 244 valence electrons. The summed E-state index contributed by atoms with van der Waals surface area (Å²) in [6.45, 7) is 13.5. The van der Waals surface area contributed by atoms with Crippen molar-refractivity contribution in [1.82, 2.24) is 10.2 Å². The Balaban J connectivity index is 1.18. The van der Waals surface area contributed by atoms with Crippen LogP contribution in [0, 0.1) is 10.8 Å². The number of nitrogens with zero attached hydrogens (tertiary/aromatic N) is 1. The van der Waals surface area contributed by atoms with Gasteiger partial charge in [-0.2, -0.15) is 0 Å². The van der Waals surface area contributed by atoms with Gasteiger partial charge in [0, 0.05) is 37.7 Å². The van der Waals surface area contributed by atoms with E-state index in [-0.39, 0.29) is 25.4 Å². The van der Waals surface area contributed by atoms with Gasteiger partial charge in [0.2, 0.25) is 0 Å². The first-order valence-corrected chi connectivity index (χ1v) is 16.6. The number of carbonyl (C=O) groups is 1. The van der Waals surface area contributed by atoms with Crippen molar-refractivity contribution in [1.29, 1.82) is 0 Å². The van der Waals surface area contributed by atoms with Crippen LogP contribution in [0.15, 0.2) is 85.5 Å². The monoisotopic (exact) mass is 624 g/mol. The third-order valence-corrected chi connectivity index (χ3v) is 9.79. The second kappa shape index (κ2) is 13.7. The molecule has 1 saturated carbocycles. The predicted molar refractivity (Wildman–Crippen MR) is 180 cm³/mol. The molecule has 0 spiro atoms. The summed E-state index contributed by atoms with van der Waals surface area (Å²) in [6.07, 6.45) is 5.10. The smallest absolute Gasteiger partial charge is 0.407 e. The fourth-order valence-corrected chi connectivity index (χ4v) is 8.14. The number of carbonyl (C=O) groups excluding carboxylic acids is 1. The third-order valence-electron chi connectivity index (χ3n) is 9.79. The number of aliphatic hydroxyl groups is 1. The van der Waals surface area contributed by atoms with Crippen molar-refractivity contribution in [3.63, 3.8) is 0 Å². The lowest BCUT2D eigenvalue weighted by molar-refractivity contribution is -0.253. The lowest BCUT2D eigenvalue weighted by Crippen LogP contribution is -2.42. The molecule has 46 heavy (non-hydrogen) atoms. The first-order valence-electron chi connectivity index (χ1n) is 16.6. The Kier molecular flexibility index (Phi) is 9.67. The van der Waals surface area contributed by atoms with Crippen molar-refractivity contribution < 1.29 is 24.1 Å². The minimum atomic E-state index is -0.485. The lowest BCUT2D eigenvalue weighted by atomic mass is 9.65. The van der Waals surface area contributed by atoms with Gasteiger partial charge in [-0.3, -0.25) is 4.90 Å². The lowest BCUT2D eigenvalue weighted by Gasteiger charge is -2.41. The molecule has 6 rings (SSSR count). The Morgan fingerprint density at radius 2 is 1.76 bits per heavy atom. The number of alkyl carbamates (subject to hydrolysis) is 1. The van der Waals surface area contributed by atoms with Crippen LogP contribution in [0.2, 0.25) is 0 Å². The van der Waals surface area contributed by atoms with Crippen molar-refractivity contribution in [2.75, 3.05) is 19.7 Å². The molecule has 0 radical (unpaired) electrons. The van der Waals surface area contributed by atoms with Gasteiger partial charge in [0.15, 0.2) is 6.29 Å². The maximum atomic E-state index is 11.9. The maximum absolute atomic E-state index is 11.9. The van der Waals surface area contributed by atoms with E-state index in [1.54, 1.807) is 6.08 Å². The molecule has 2 saturated heterocycles. The molecule has 2 N–H and O–H groups in total. The summed E-state index contributed by atoms with van der Waals surface area (Å²) in [4.78, 5) is 14.5. The number of nitrogens with one attached hydrogen (secondary N) is 1. The van der Waals surface area contributed by atoms with E-state index >= 15 is 0 Å². The molecule has 2 heterocycles. The highest BCUT2D eigenvalue weighted by molar-refractivity contribution is 5.68. The predicted octanol–water partition coefficient (Wildman–Crippen LogP) is 7.70. The molecule has 2 bridgehead atoms. The SMILES string of the molecule is C=CCOC(=O)NCc1cccc(-c2ccc([C@H]3O[C@@H](CN4CC5(C)CC4CC(C)(C)C5)C[C@@H](c4ccc(CO)cc4)O3)cc2)c1. The number of fused-ring (bicyclic) bond motifs is 2. The van der Waals surface area contributed by atoms with Crippen molar-refractivity contribution in [2.45, 2.75) is 84.1 Å². The molecular formula is C39H48N2O5. The number of rotatable bonds is 10. The Bertz CT molecular complexity index is 1500. The number of amides is 1. The topological polar surface area (TPSA) is 80.3 Å². The average molecular weight is 625 g/mol. The first-order chi connectivity index (χ1) is 22.1. The Morgan fingerprint density at radius 1 is 1.00 bits per heavy atom. The van der Waals surface area contributed by atoms with Crippen LogP contribution in [0.4, 0.5) is 4.79 Å². The quantitative estimate of drug-likeness (QED) is 0.225. The molecule has 3 aliphatic rings. The summed E-state index contributed by atoms with van der Waals surface area (Å²) in [7, 11) is 0. The first kappa shape index (κ1) is 32.5. The maximum Gasteiger partial charge on any atom is 0.407 e. The van der Waals surface area contributed by atoms with Crippen LogP contribution in [0.25, 0.3) is 11.1 Å². The Hall–Kier alpha value is -3.49. The van der Waals surface area contributed by atoms with Gasteiger partial charge in [0.25, 0.3) is 0 Å². The molecule has 2 aliphatic heterocycles. The van der Waals surface area contributed by atoms with Gasteiger partial charge in [-0.15, -0.1) is 0 Å². The zero-order valence-corrected chi connectivity index (χ0v) is 27.4. The number of ether oxygens (including phenoxy) is 3. The fourth-order valence-electron chi connectivity index (χ4n) is 8.14. The van der Waals surface area contributed by atoms with Gasteiger partial charge >= 0.3 is 6.09 Å². The summed E-state index contributed by atoms with van der Waals surface area (Å²) in [5.74, 6) is 0. The molecule has 1 aliphatic carbocycles. The van der Waals surface area contributed by atoms with E-state index in [1.807, 2.05) is 24.3 Å². The largest absolute Gasteiger partial charge is 0.445 e.